The van der Waals surface area contributed by atoms with Crippen LogP contribution in [0.25, 0.3) is 22.4 Å². The van der Waals surface area contributed by atoms with Crippen LogP contribution in [0.2, 0.25) is 5.02 Å². The summed E-state index contributed by atoms with van der Waals surface area (Å²) in [6, 6.07) is 29.3. The van der Waals surface area contributed by atoms with E-state index in [0.717, 1.165) is 72.1 Å². The zero-order valence-corrected chi connectivity index (χ0v) is 31.4. The van der Waals surface area contributed by atoms with Crippen molar-refractivity contribution in [1.29, 1.82) is 0 Å². The summed E-state index contributed by atoms with van der Waals surface area (Å²) in [7, 11) is 9.74. The highest BCUT2D eigenvalue weighted by Gasteiger charge is 2.26. The van der Waals surface area contributed by atoms with Crippen LogP contribution < -0.4 is 33.3 Å². The average molecular weight is 724 g/mol. The van der Waals surface area contributed by atoms with Crippen LogP contribution in [0.5, 0.6) is 34.5 Å². The first-order chi connectivity index (χ1) is 25.4. The van der Waals surface area contributed by atoms with Crippen LogP contribution in [0.3, 0.4) is 0 Å². The molecule has 9 nitrogen and oxygen atoms in total. The van der Waals surface area contributed by atoms with Gasteiger partial charge in [-0.1, -0.05) is 29.8 Å². The largest absolute Gasteiger partial charge is 0.493 e. The Labute approximate surface area is 311 Å². The molecule has 272 valence electrons. The second-order valence-electron chi connectivity index (χ2n) is 12.7. The van der Waals surface area contributed by atoms with Crippen molar-refractivity contribution >= 4 is 17.3 Å². The summed E-state index contributed by atoms with van der Waals surface area (Å²) in [5.41, 5.74) is 7.40. The lowest BCUT2D eigenvalue weighted by molar-refractivity contribution is 0.201. The molecule has 0 N–H and O–H groups in total. The van der Waals surface area contributed by atoms with Gasteiger partial charge in [-0.25, -0.2) is 0 Å². The Morgan fingerprint density at radius 1 is 0.635 bits per heavy atom. The Morgan fingerprint density at radius 2 is 1.21 bits per heavy atom. The quantitative estimate of drug-likeness (QED) is 0.112. The number of anilines is 1. The van der Waals surface area contributed by atoms with E-state index in [0.29, 0.717) is 40.5 Å². The number of rotatable bonds is 14. The van der Waals surface area contributed by atoms with E-state index in [1.54, 1.807) is 42.7 Å². The topological polar surface area (TPSA) is 74.8 Å². The summed E-state index contributed by atoms with van der Waals surface area (Å²) in [4.78, 5) is 9.72. The van der Waals surface area contributed by atoms with Gasteiger partial charge in [0.25, 0.3) is 0 Å². The Balaban J connectivity index is 1.19. The van der Waals surface area contributed by atoms with Gasteiger partial charge in [-0.15, -0.1) is 0 Å². The maximum atomic E-state index is 6.34. The molecule has 6 rings (SSSR count). The van der Waals surface area contributed by atoms with Crippen molar-refractivity contribution in [2.75, 3.05) is 60.6 Å². The van der Waals surface area contributed by atoms with Gasteiger partial charge in [0.05, 0.1) is 48.4 Å². The molecular formula is C42H46ClN3O6. The summed E-state index contributed by atoms with van der Waals surface area (Å²) in [6.45, 7) is 3.54. The monoisotopic (exact) mass is 723 g/mol. The number of ether oxygens (including phenoxy) is 6. The van der Waals surface area contributed by atoms with Gasteiger partial charge in [0.15, 0.2) is 23.0 Å². The molecule has 0 atom stereocenters. The van der Waals surface area contributed by atoms with Crippen LogP contribution in [0, 0.1) is 0 Å². The van der Waals surface area contributed by atoms with Crippen molar-refractivity contribution in [1.82, 2.24) is 9.88 Å². The summed E-state index contributed by atoms with van der Waals surface area (Å²) in [5, 5.41) is 0.728. The number of benzene rings is 4. The molecule has 0 radical (unpaired) electrons. The molecule has 0 spiro atoms. The Kier molecular flexibility index (Phi) is 11.9. The molecule has 0 unspecified atom stereocenters. The predicted molar refractivity (Wildman–Crippen MR) is 207 cm³/mol. The van der Waals surface area contributed by atoms with Gasteiger partial charge in [0.2, 0.25) is 11.5 Å². The van der Waals surface area contributed by atoms with Crippen LogP contribution in [-0.4, -0.2) is 71.7 Å². The molecule has 0 saturated carbocycles. The summed E-state index contributed by atoms with van der Waals surface area (Å²) < 4.78 is 33.5. The van der Waals surface area contributed by atoms with Crippen LogP contribution >= 0.6 is 11.6 Å². The third-order valence-electron chi connectivity index (χ3n) is 9.63. The number of halogens is 1. The van der Waals surface area contributed by atoms with E-state index in [9.17, 15) is 0 Å². The minimum Gasteiger partial charge on any atom is -0.493 e. The number of methoxy groups -OCH3 is 6. The van der Waals surface area contributed by atoms with E-state index in [1.165, 1.54) is 11.1 Å². The fourth-order valence-corrected chi connectivity index (χ4v) is 7.09. The number of nitrogens with zero attached hydrogens (tertiary/aromatic N) is 3. The van der Waals surface area contributed by atoms with Crippen LogP contribution in [0.1, 0.15) is 24.0 Å². The highest BCUT2D eigenvalue weighted by molar-refractivity contribution is 6.30. The molecule has 4 aromatic carbocycles. The minimum atomic E-state index is 0.356. The van der Waals surface area contributed by atoms with E-state index < -0.39 is 0 Å². The number of pyridine rings is 1. The molecule has 5 aromatic rings. The number of aromatic nitrogens is 1. The van der Waals surface area contributed by atoms with Gasteiger partial charge in [-0.05, 0) is 102 Å². The Morgan fingerprint density at radius 3 is 1.77 bits per heavy atom. The van der Waals surface area contributed by atoms with Crippen LogP contribution in [0.15, 0.2) is 91.1 Å². The van der Waals surface area contributed by atoms with Gasteiger partial charge >= 0.3 is 0 Å². The zero-order valence-electron chi connectivity index (χ0n) is 30.6. The fraction of sp³-hybridized carbons (Fsp3) is 0.310. The number of piperidine rings is 1. The van der Waals surface area contributed by atoms with E-state index in [1.807, 2.05) is 42.6 Å². The van der Waals surface area contributed by atoms with Gasteiger partial charge in [0.1, 0.15) is 0 Å². The second kappa shape index (κ2) is 16.9. The average Bonchev–Trinajstić information content (AvgIpc) is 3.19. The maximum Gasteiger partial charge on any atom is 0.203 e. The molecule has 1 saturated heterocycles. The molecular weight excluding hydrogens is 678 g/mol. The van der Waals surface area contributed by atoms with Crippen molar-refractivity contribution in [2.24, 2.45) is 0 Å². The lowest BCUT2D eigenvalue weighted by atomic mass is 9.98. The van der Waals surface area contributed by atoms with E-state index >= 15 is 0 Å². The van der Waals surface area contributed by atoms with Crippen molar-refractivity contribution in [3.05, 3.63) is 107 Å². The lowest BCUT2D eigenvalue weighted by Crippen LogP contribution is -2.44. The number of likely N-dealkylation sites (tertiary alicyclic amines) is 1. The van der Waals surface area contributed by atoms with Crippen molar-refractivity contribution < 1.29 is 28.4 Å². The first-order valence-corrected chi connectivity index (χ1v) is 17.6. The Hall–Kier alpha value is -5.12. The molecule has 2 heterocycles. The van der Waals surface area contributed by atoms with Gasteiger partial charge in [-0.3, -0.25) is 9.88 Å². The predicted octanol–water partition coefficient (Wildman–Crippen LogP) is 8.79. The summed E-state index contributed by atoms with van der Waals surface area (Å²) >= 11 is 6.34. The smallest absolute Gasteiger partial charge is 0.203 e. The third kappa shape index (κ3) is 8.16. The second-order valence-corrected chi connectivity index (χ2v) is 13.1. The number of hydrogen-bond acceptors (Lipinski definition) is 9. The summed E-state index contributed by atoms with van der Waals surface area (Å²) in [6.07, 6.45) is 3.93. The summed E-state index contributed by atoms with van der Waals surface area (Å²) in [5.74, 6) is 3.59. The van der Waals surface area contributed by atoms with E-state index in [4.69, 9.17) is 40.0 Å². The molecule has 0 amide bonds. The van der Waals surface area contributed by atoms with Crippen molar-refractivity contribution in [2.45, 2.75) is 32.0 Å². The lowest BCUT2D eigenvalue weighted by Gasteiger charge is -2.40. The van der Waals surface area contributed by atoms with Gasteiger partial charge in [-0.2, -0.15) is 0 Å². The molecule has 52 heavy (non-hydrogen) atoms. The molecule has 0 bridgehead atoms. The maximum absolute atomic E-state index is 6.34. The van der Waals surface area contributed by atoms with E-state index in [-0.39, 0.29) is 0 Å². The van der Waals surface area contributed by atoms with Crippen molar-refractivity contribution in [3.63, 3.8) is 0 Å². The van der Waals surface area contributed by atoms with E-state index in [2.05, 4.69) is 63.3 Å². The molecule has 1 aliphatic heterocycles. The molecule has 0 aliphatic carbocycles. The van der Waals surface area contributed by atoms with Gasteiger partial charge < -0.3 is 33.3 Å². The first kappa shape index (κ1) is 36.7. The molecule has 1 aliphatic rings. The molecule has 10 heteroatoms. The SMILES string of the molecule is COc1cc(-c2cccc(CN(c3ccc(Cl)cc3)C3CCN(Cc4ccnc(-c5cc(OC)c(OC)c(OC)c5)c4)CC3)c2)cc(OC)c1OC. The highest BCUT2D eigenvalue weighted by Crippen LogP contribution is 2.42. The van der Waals surface area contributed by atoms with Crippen molar-refractivity contribution in [3.8, 4) is 56.9 Å². The van der Waals surface area contributed by atoms with Crippen LogP contribution in [0.4, 0.5) is 5.69 Å². The molecule has 1 aromatic heterocycles. The first-order valence-electron chi connectivity index (χ1n) is 17.3. The van der Waals surface area contributed by atoms with Crippen LogP contribution in [-0.2, 0) is 13.1 Å². The molecule has 1 fully saturated rings. The zero-order chi connectivity index (χ0) is 36.6. The Bertz CT molecular complexity index is 1910. The highest BCUT2D eigenvalue weighted by atomic mass is 35.5. The minimum absolute atomic E-state index is 0.356. The standard InChI is InChI=1S/C42H46ClN3O6/c1-47-37-22-31(23-38(48-2)41(37)51-5)30-9-7-8-28(20-30)27-46(34-12-10-33(43)11-13-34)35-15-18-45(19-16-35)26-29-14-17-44-36(21-29)32-24-39(49-3)42(52-6)40(25-32)50-4/h7-14,17,20-25,35H,15-16,18-19,26-27H2,1-6H3. The van der Waals surface area contributed by atoms with Gasteiger partial charge in [0, 0.05) is 54.7 Å². The number of hydrogen-bond donors (Lipinski definition) is 0. The normalized spacial score (nSPS) is 13.4. The fourth-order valence-electron chi connectivity index (χ4n) is 6.96. The third-order valence-corrected chi connectivity index (χ3v) is 9.88.